The Balaban J connectivity index is 6.10. The summed E-state index contributed by atoms with van der Waals surface area (Å²) in [5, 5.41) is 26.8. The molecule has 0 aliphatic carbocycles. The molecule has 98 valence electrons. The SMILES string of the molecule is C=C(C(=O)O)C(CC)(C(=C)C(=O)O)C(=C)C(=O)O. The van der Waals surface area contributed by atoms with Gasteiger partial charge in [0.2, 0.25) is 0 Å². The number of hydrogen-bond acceptors (Lipinski definition) is 3. The van der Waals surface area contributed by atoms with Crippen molar-refractivity contribution in [2.24, 2.45) is 5.41 Å². The molecule has 0 aliphatic rings. The Morgan fingerprint density at radius 1 is 0.833 bits per heavy atom. The number of carbonyl (C=O) groups is 3. The molecule has 0 saturated carbocycles. The Hall–Kier alpha value is -2.37. The van der Waals surface area contributed by atoms with Gasteiger partial charge in [-0.1, -0.05) is 26.7 Å². The molecule has 0 rings (SSSR count). The minimum absolute atomic E-state index is 0.131. The third-order valence-corrected chi connectivity index (χ3v) is 2.85. The van der Waals surface area contributed by atoms with Gasteiger partial charge in [0.15, 0.2) is 0 Å². The van der Waals surface area contributed by atoms with Crippen LogP contribution in [-0.4, -0.2) is 33.2 Å². The molecule has 0 aromatic carbocycles. The molecule has 6 nitrogen and oxygen atoms in total. The van der Waals surface area contributed by atoms with Crippen molar-refractivity contribution in [2.75, 3.05) is 0 Å². The Kier molecular flexibility index (Phi) is 4.61. The van der Waals surface area contributed by atoms with Crippen LogP contribution in [0.5, 0.6) is 0 Å². The molecule has 0 bridgehead atoms. The summed E-state index contributed by atoms with van der Waals surface area (Å²) in [6, 6.07) is 0. The predicted octanol–water partition coefficient (Wildman–Crippen LogP) is 1.31. The first-order valence-corrected chi connectivity index (χ1v) is 4.90. The average molecular weight is 254 g/mol. The van der Waals surface area contributed by atoms with Gasteiger partial charge in [-0.3, -0.25) is 0 Å². The van der Waals surface area contributed by atoms with Crippen molar-refractivity contribution in [3.8, 4) is 0 Å². The van der Waals surface area contributed by atoms with Crippen LogP contribution in [0.1, 0.15) is 13.3 Å². The maximum absolute atomic E-state index is 11.0. The van der Waals surface area contributed by atoms with Crippen LogP contribution in [0.2, 0.25) is 0 Å². The molecule has 0 aromatic heterocycles. The van der Waals surface area contributed by atoms with Gasteiger partial charge in [-0.05, 0) is 6.42 Å². The fourth-order valence-corrected chi connectivity index (χ4v) is 1.73. The molecule has 0 radical (unpaired) electrons. The van der Waals surface area contributed by atoms with E-state index in [1.54, 1.807) is 0 Å². The molecule has 0 saturated heterocycles. The molecule has 0 spiro atoms. The smallest absolute Gasteiger partial charge is 0.332 e. The largest absolute Gasteiger partial charge is 0.478 e. The number of aliphatic carboxylic acids is 3. The minimum atomic E-state index is -1.90. The monoisotopic (exact) mass is 254 g/mol. The lowest BCUT2D eigenvalue weighted by molar-refractivity contribution is -0.135. The van der Waals surface area contributed by atoms with E-state index in [-0.39, 0.29) is 6.42 Å². The van der Waals surface area contributed by atoms with Crippen LogP contribution >= 0.6 is 0 Å². The molecule has 0 unspecified atom stereocenters. The number of carboxylic acids is 3. The van der Waals surface area contributed by atoms with Crippen LogP contribution in [-0.2, 0) is 14.4 Å². The van der Waals surface area contributed by atoms with Gasteiger partial charge in [0.25, 0.3) is 0 Å². The van der Waals surface area contributed by atoms with Crippen molar-refractivity contribution < 1.29 is 29.7 Å². The van der Waals surface area contributed by atoms with Crippen molar-refractivity contribution in [3.05, 3.63) is 36.5 Å². The van der Waals surface area contributed by atoms with Crippen molar-refractivity contribution in [3.63, 3.8) is 0 Å². The van der Waals surface area contributed by atoms with Gasteiger partial charge in [0.05, 0.1) is 5.41 Å². The lowest BCUT2D eigenvalue weighted by Gasteiger charge is -2.33. The summed E-state index contributed by atoms with van der Waals surface area (Å²) in [6.45, 7) is 11.2. The topological polar surface area (TPSA) is 112 Å². The van der Waals surface area contributed by atoms with Crippen LogP contribution in [0.25, 0.3) is 0 Å². The zero-order valence-electron chi connectivity index (χ0n) is 9.89. The molecule has 0 aliphatic heterocycles. The van der Waals surface area contributed by atoms with Gasteiger partial charge in [0, 0.05) is 16.7 Å². The van der Waals surface area contributed by atoms with Crippen LogP contribution < -0.4 is 0 Å². The lowest BCUT2D eigenvalue weighted by atomic mass is 9.67. The predicted molar refractivity (Wildman–Crippen MR) is 63.1 cm³/mol. The highest BCUT2D eigenvalue weighted by molar-refractivity contribution is 6.02. The number of carboxylic acid groups (broad SMARTS) is 3. The summed E-state index contributed by atoms with van der Waals surface area (Å²) in [5.41, 5.74) is -3.64. The third kappa shape index (κ3) is 2.32. The minimum Gasteiger partial charge on any atom is -0.478 e. The summed E-state index contributed by atoms with van der Waals surface area (Å²) < 4.78 is 0. The zero-order valence-corrected chi connectivity index (χ0v) is 9.89. The first kappa shape index (κ1) is 15.6. The van der Waals surface area contributed by atoms with Crippen molar-refractivity contribution in [2.45, 2.75) is 13.3 Å². The highest BCUT2D eigenvalue weighted by Crippen LogP contribution is 2.44. The maximum atomic E-state index is 11.0. The van der Waals surface area contributed by atoms with Gasteiger partial charge in [-0.25, -0.2) is 14.4 Å². The van der Waals surface area contributed by atoms with Crippen LogP contribution in [0, 0.1) is 5.41 Å². The van der Waals surface area contributed by atoms with E-state index in [0.29, 0.717) is 0 Å². The average Bonchev–Trinajstić information content (AvgIpc) is 2.29. The van der Waals surface area contributed by atoms with Gasteiger partial charge in [-0.15, -0.1) is 0 Å². The fraction of sp³-hybridized carbons (Fsp3) is 0.250. The normalized spacial score (nSPS) is 10.5. The van der Waals surface area contributed by atoms with E-state index in [9.17, 15) is 14.4 Å². The molecule has 3 N–H and O–H groups in total. The lowest BCUT2D eigenvalue weighted by Crippen LogP contribution is -2.36. The second-order valence-electron chi connectivity index (χ2n) is 3.61. The Morgan fingerprint density at radius 2 is 1.06 bits per heavy atom. The van der Waals surface area contributed by atoms with E-state index in [1.165, 1.54) is 6.92 Å². The summed E-state index contributed by atoms with van der Waals surface area (Å²) in [5.74, 6) is -4.50. The molecule has 18 heavy (non-hydrogen) atoms. The number of rotatable bonds is 7. The maximum Gasteiger partial charge on any atom is 0.332 e. The van der Waals surface area contributed by atoms with E-state index in [1.807, 2.05) is 0 Å². The molecule has 0 aromatic rings. The van der Waals surface area contributed by atoms with Gasteiger partial charge >= 0.3 is 17.9 Å². The standard InChI is InChI=1S/C12H14O6/c1-5-12(6(2)9(13)14,7(3)10(15)16)8(4)11(17)18/h2-5H2,1H3,(H,13,14)(H,15,16)(H,17,18). The first-order chi connectivity index (χ1) is 8.12. The van der Waals surface area contributed by atoms with Crippen LogP contribution in [0.3, 0.4) is 0 Å². The van der Waals surface area contributed by atoms with Gasteiger partial charge in [0.1, 0.15) is 0 Å². The van der Waals surface area contributed by atoms with Gasteiger partial charge in [-0.2, -0.15) is 0 Å². The third-order valence-electron chi connectivity index (χ3n) is 2.85. The van der Waals surface area contributed by atoms with Crippen LogP contribution in [0.15, 0.2) is 36.5 Å². The molecule has 0 fully saturated rings. The Morgan fingerprint density at radius 3 is 1.17 bits per heavy atom. The van der Waals surface area contributed by atoms with E-state index in [0.717, 1.165) is 0 Å². The summed E-state index contributed by atoms with van der Waals surface area (Å²) >= 11 is 0. The highest BCUT2D eigenvalue weighted by Gasteiger charge is 2.46. The molecule has 0 atom stereocenters. The van der Waals surface area contributed by atoms with Crippen molar-refractivity contribution in [1.82, 2.24) is 0 Å². The fourth-order valence-electron chi connectivity index (χ4n) is 1.73. The van der Waals surface area contributed by atoms with E-state index in [2.05, 4.69) is 19.7 Å². The second kappa shape index (κ2) is 5.31. The second-order valence-corrected chi connectivity index (χ2v) is 3.61. The summed E-state index contributed by atoms with van der Waals surface area (Å²) in [6.07, 6.45) is -0.131. The zero-order chi connectivity index (χ0) is 14.7. The van der Waals surface area contributed by atoms with Gasteiger partial charge < -0.3 is 15.3 Å². The molecule has 0 heterocycles. The molecule has 6 heteroatoms. The highest BCUT2D eigenvalue weighted by atomic mass is 16.4. The van der Waals surface area contributed by atoms with E-state index >= 15 is 0 Å². The van der Waals surface area contributed by atoms with E-state index < -0.39 is 40.0 Å². The van der Waals surface area contributed by atoms with Crippen molar-refractivity contribution in [1.29, 1.82) is 0 Å². The Labute approximate surface area is 104 Å². The van der Waals surface area contributed by atoms with Crippen molar-refractivity contribution >= 4 is 17.9 Å². The van der Waals surface area contributed by atoms with E-state index in [4.69, 9.17) is 15.3 Å². The number of hydrogen-bond donors (Lipinski definition) is 3. The molecular formula is C12H14O6. The molecular weight excluding hydrogens is 240 g/mol. The molecule has 0 amide bonds. The van der Waals surface area contributed by atoms with Crippen LogP contribution in [0.4, 0.5) is 0 Å². The quantitative estimate of drug-likeness (QED) is 0.590. The first-order valence-electron chi connectivity index (χ1n) is 4.90. The summed E-state index contributed by atoms with van der Waals surface area (Å²) in [7, 11) is 0. The Bertz CT molecular complexity index is 393. The summed E-state index contributed by atoms with van der Waals surface area (Å²) in [4.78, 5) is 33.0.